The first-order valence-electron chi connectivity index (χ1n) is 17.6. The van der Waals surface area contributed by atoms with E-state index in [0.717, 1.165) is 22.0 Å². The number of nitrogens with zero attached hydrogens (tertiary/aromatic N) is 2. The zero-order valence-electron chi connectivity index (χ0n) is 30.7. The Morgan fingerprint density at radius 1 is 0.962 bits per heavy atom. The van der Waals surface area contributed by atoms with Crippen molar-refractivity contribution < 1.29 is 28.7 Å². The molecular weight excluding hydrogens is 694 g/mol. The van der Waals surface area contributed by atoms with Crippen molar-refractivity contribution in [2.24, 2.45) is 17.8 Å². The van der Waals surface area contributed by atoms with E-state index in [1.807, 2.05) is 63.2 Å². The van der Waals surface area contributed by atoms with Gasteiger partial charge in [0.2, 0.25) is 17.7 Å². The maximum atomic E-state index is 13.7. The summed E-state index contributed by atoms with van der Waals surface area (Å²) < 4.78 is 11.3. The number of carbonyl (C=O) groups excluding carboxylic acids is 4. The van der Waals surface area contributed by atoms with Crippen molar-refractivity contribution in [1.82, 2.24) is 25.4 Å². The predicted molar refractivity (Wildman–Crippen MR) is 205 cm³/mol. The third-order valence-corrected chi connectivity index (χ3v) is 9.68. The van der Waals surface area contributed by atoms with Crippen LogP contribution in [0.2, 0.25) is 5.02 Å². The summed E-state index contributed by atoms with van der Waals surface area (Å²) in [6, 6.07) is 20.5. The topological polar surface area (TPSA) is 133 Å². The van der Waals surface area contributed by atoms with Crippen LogP contribution in [0.3, 0.4) is 0 Å². The molecule has 4 aromatic rings. The average Bonchev–Trinajstić information content (AvgIpc) is 3.77. The molecule has 12 heteroatoms. The van der Waals surface area contributed by atoms with Gasteiger partial charge in [-0.05, 0) is 80.6 Å². The fraction of sp³-hybridized carbons (Fsp3) is 0.366. The molecule has 4 amide bonds. The highest BCUT2D eigenvalue weighted by Crippen LogP contribution is 2.37. The van der Waals surface area contributed by atoms with Gasteiger partial charge in [-0.2, -0.15) is 0 Å². The fourth-order valence-corrected chi connectivity index (χ4v) is 7.06. The van der Waals surface area contributed by atoms with Crippen LogP contribution in [-0.2, 0) is 20.8 Å². The molecule has 0 aliphatic carbocycles. The lowest BCUT2D eigenvalue weighted by Crippen LogP contribution is -2.54. The van der Waals surface area contributed by atoms with Crippen LogP contribution in [0, 0.1) is 29.6 Å². The van der Waals surface area contributed by atoms with E-state index in [1.54, 1.807) is 40.3 Å². The van der Waals surface area contributed by atoms with Gasteiger partial charge in [-0.1, -0.05) is 41.8 Å². The van der Waals surface area contributed by atoms with Gasteiger partial charge in [0.05, 0.1) is 32.1 Å². The number of methoxy groups -OCH3 is 1. The van der Waals surface area contributed by atoms with Crippen molar-refractivity contribution >= 4 is 46.1 Å². The monoisotopic (exact) mass is 739 g/mol. The van der Waals surface area contributed by atoms with Crippen molar-refractivity contribution in [3.63, 3.8) is 0 Å². The molecule has 0 saturated carbocycles. The number of piperidine rings is 1. The van der Waals surface area contributed by atoms with Gasteiger partial charge in [0.1, 0.15) is 0 Å². The Kier molecular flexibility index (Phi) is 13.0. The number of H-pyrrole nitrogens is 1. The SMILES string of the molecule is CC#Cc1ccccc1.CNC(=O)CNC(=O)C1CN(C(=O)Cc2c[nH]c3cc(Cl)ccc23)CC2CN(C(=O)c3ccc(OC(C)C)c(OC)c3)CC21. The van der Waals surface area contributed by atoms with E-state index in [-0.39, 0.29) is 61.1 Å². The molecule has 3 heterocycles. The molecular formula is C41H46ClN5O6. The van der Waals surface area contributed by atoms with Crippen LogP contribution >= 0.6 is 11.6 Å². The number of aromatic amines is 1. The normalized spacial score (nSPS) is 17.5. The van der Waals surface area contributed by atoms with Crippen molar-refractivity contribution in [3.8, 4) is 23.3 Å². The molecule has 3 N–H and O–H groups in total. The van der Waals surface area contributed by atoms with Crippen molar-refractivity contribution in [1.29, 1.82) is 0 Å². The summed E-state index contributed by atoms with van der Waals surface area (Å²) in [6.45, 7) is 6.88. The number of carbonyl (C=O) groups is 4. The summed E-state index contributed by atoms with van der Waals surface area (Å²) >= 11 is 6.12. The minimum Gasteiger partial charge on any atom is -0.493 e. The number of benzene rings is 3. The van der Waals surface area contributed by atoms with E-state index in [9.17, 15) is 19.2 Å². The lowest BCUT2D eigenvalue weighted by atomic mass is 9.79. The van der Waals surface area contributed by atoms with Crippen LogP contribution in [0.1, 0.15) is 42.3 Å². The van der Waals surface area contributed by atoms with Gasteiger partial charge in [0.15, 0.2) is 11.5 Å². The Hall–Kier alpha value is -5.47. The number of hydrogen-bond donors (Lipinski definition) is 3. The first-order chi connectivity index (χ1) is 25.5. The number of amides is 4. The van der Waals surface area contributed by atoms with Gasteiger partial charge in [0, 0.05) is 66.5 Å². The fourth-order valence-electron chi connectivity index (χ4n) is 6.89. The van der Waals surface area contributed by atoms with Crippen LogP contribution in [0.15, 0.2) is 72.9 Å². The maximum Gasteiger partial charge on any atom is 0.254 e. The molecule has 6 rings (SSSR count). The van der Waals surface area contributed by atoms with Gasteiger partial charge in [-0.3, -0.25) is 19.2 Å². The quantitative estimate of drug-likeness (QED) is 0.209. The van der Waals surface area contributed by atoms with Gasteiger partial charge >= 0.3 is 0 Å². The zero-order valence-corrected chi connectivity index (χ0v) is 31.5. The third kappa shape index (κ3) is 9.70. The smallest absolute Gasteiger partial charge is 0.254 e. The van der Waals surface area contributed by atoms with Gasteiger partial charge in [-0.25, -0.2) is 0 Å². The average molecular weight is 740 g/mol. The summed E-state index contributed by atoms with van der Waals surface area (Å²) in [6.07, 6.45) is 1.90. The molecule has 2 fully saturated rings. The summed E-state index contributed by atoms with van der Waals surface area (Å²) in [5.74, 6) is 5.01. The minimum absolute atomic E-state index is 0.0567. The summed E-state index contributed by atoms with van der Waals surface area (Å²) in [5, 5.41) is 6.74. The number of halogens is 1. The van der Waals surface area contributed by atoms with Crippen LogP contribution in [-0.4, -0.2) is 91.4 Å². The van der Waals surface area contributed by atoms with Crippen molar-refractivity contribution in [2.75, 3.05) is 46.9 Å². The maximum absolute atomic E-state index is 13.7. The van der Waals surface area contributed by atoms with Crippen molar-refractivity contribution in [2.45, 2.75) is 33.3 Å². The first kappa shape index (κ1) is 38.8. The summed E-state index contributed by atoms with van der Waals surface area (Å²) in [7, 11) is 3.03. The highest BCUT2D eigenvalue weighted by molar-refractivity contribution is 6.31. The van der Waals surface area contributed by atoms with Crippen LogP contribution < -0.4 is 20.1 Å². The number of aromatic nitrogens is 1. The standard InChI is InChI=1S/C32H38ClN5O6.C9H8/c1-18(2)44-27-8-5-19(9-28(27)43-4)32(42)38-15-21-14-37(17-25(24(21)16-38)31(41)36-13-29(39)34-3)30(40)10-20-12-35-26-11-22(33)6-7-23(20)26;1-2-6-9-7-4-3-5-8-9/h5-9,11-12,18,21,24-25,35H,10,13-17H2,1-4H3,(H,34,39)(H,36,41);3-5,7-8H,1H3. The Bertz CT molecular complexity index is 2000. The molecule has 2 aliphatic heterocycles. The van der Waals surface area contributed by atoms with Crippen LogP contribution in [0.4, 0.5) is 0 Å². The molecule has 2 aliphatic rings. The number of nitrogens with one attached hydrogen (secondary N) is 3. The molecule has 0 spiro atoms. The number of rotatable bonds is 9. The van der Waals surface area contributed by atoms with Gasteiger partial charge < -0.3 is 34.9 Å². The first-order valence-corrected chi connectivity index (χ1v) is 18.0. The van der Waals surface area contributed by atoms with Crippen molar-refractivity contribution in [3.05, 3.63) is 94.6 Å². The Labute approximate surface area is 315 Å². The molecule has 11 nitrogen and oxygen atoms in total. The van der Waals surface area contributed by atoms with Crippen LogP contribution in [0.5, 0.6) is 11.5 Å². The molecule has 278 valence electrons. The molecule has 3 unspecified atom stereocenters. The van der Waals surface area contributed by atoms with E-state index < -0.39 is 5.92 Å². The largest absolute Gasteiger partial charge is 0.493 e. The highest BCUT2D eigenvalue weighted by atomic mass is 35.5. The summed E-state index contributed by atoms with van der Waals surface area (Å²) in [5.41, 5.74) is 3.21. The van der Waals surface area contributed by atoms with Gasteiger partial charge in [-0.15, -0.1) is 5.92 Å². The molecule has 53 heavy (non-hydrogen) atoms. The second-order valence-electron chi connectivity index (χ2n) is 13.4. The van der Waals surface area contributed by atoms with Gasteiger partial charge in [0.25, 0.3) is 5.91 Å². The van der Waals surface area contributed by atoms with Crippen LogP contribution in [0.25, 0.3) is 10.9 Å². The number of ether oxygens (including phenoxy) is 2. The van der Waals surface area contributed by atoms with E-state index in [1.165, 1.54) is 14.2 Å². The Morgan fingerprint density at radius 3 is 2.42 bits per heavy atom. The minimum atomic E-state index is -0.585. The van der Waals surface area contributed by atoms with E-state index >= 15 is 0 Å². The molecule has 3 atom stereocenters. The lowest BCUT2D eigenvalue weighted by molar-refractivity contribution is -0.139. The second kappa shape index (κ2) is 17.8. The van der Waals surface area contributed by atoms with E-state index in [2.05, 4.69) is 27.5 Å². The highest BCUT2D eigenvalue weighted by Gasteiger charge is 2.48. The number of likely N-dealkylation sites (N-methyl/N-ethyl adjacent to an activating group) is 1. The predicted octanol–water partition coefficient (Wildman–Crippen LogP) is 4.93. The Balaban J connectivity index is 0.000000526. The number of hydrogen-bond acceptors (Lipinski definition) is 6. The molecule has 1 aromatic heterocycles. The third-order valence-electron chi connectivity index (χ3n) is 9.45. The Morgan fingerprint density at radius 2 is 1.72 bits per heavy atom. The lowest BCUT2D eigenvalue weighted by Gasteiger charge is -2.39. The second-order valence-corrected chi connectivity index (χ2v) is 13.8. The molecule has 0 bridgehead atoms. The molecule has 0 radical (unpaired) electrons. The molecule has 2 saturated heterocycles. The molecule has 3 aromatic carbocycles. The zero-order chi connectivity index (χ0) is 38.1. The van der Waals surface area contributed by atoms with E-state index in [4.69, 9.17) is 21.1 Å². The number of fused-ring (bicyclic) bond motifs is 2. The number of likely N-dealkylation sites (tertiary alicyclic amines) is 2. The summed E-state index contributed by atoms with van der Waals surface area (Å²) in [4.78, 5) is 59.2. The van der Waals surface area contributed by atoms with E-state index in [0.29, 0.717) is 41.7 Å².